The molecule has 1 saturated heterocycles. The molecule has 4 rings (SSSR count). The van der Waals surface area contributed by atoms with Gasteiger partial charge in [0.05, 0.1) is 12.1 Å². The first-order valence-electron chi connectivity index (χ1n) is 13.6. The number of carbonyl (C=O) groups excluding carboxylic acids is 3. The summed E-state index contributed by atoms with van der Waals surface area (Å²) < 4.78 is 32.4. The first-order chi connectivity index (χ1) is 20.9. The van der Waals surface area contributed by atoms with Crippen molar-refractivity contribution in [3.05, 3.63) is 95.6 Å². The molecule has 5 atom stereocenters. The summed E-state index contributed by atoms with van der Waals surface area (Å²) in [5.41, 5.74) is 1.76. The highest BCUT2D eigenvalue weighted by molar-refractivity contribution is 8.00. The number of thioether (sulfide) groups is 1. The number of β-lactam (4-membered cyclic amide) rings is 1. The second kappa shape index (κ2) is 14.3. The zero-order valence-electron chi connectivity index (χ0n) is 23.8. The minimum absolute atomic E-state index is 0.178. The summed E-state index contributed by atoms with van der Waals surface area (Å²) in [4.78, 5) is 50.1. The van der Waals surface area contributed by atoms with Gasteiger partial charge in [-0.1, -0.05) is 24.3 Å². The van der Waals surface area contributed by atoms with Crippen molar-refractivity contribution in [2.75, 3.05) is 17.3 Å². The summed E-state index contributed by atoms with van der Waals surface area (Å²) in [6.45, 7) is 2.31. The number of nitrogens with one attached hydrogen (secondary N) is 2. The second-order valence-corrected chi connectivity index (χ2v) is 11.3. The van der Waals surface area contributed by atoms with Crippen LogP contribution in [0.15, 0.2) is 72.8 Å². The molecule has 0 aliphatic carbocycles. The Labute approximate surface area is 256 Å². The molecule has 0 saturated carbocycles. The molecule has 0 spiro atoms. The molecule has 1 aliphatic heterocycles. The number of aliphatic hydroxyl groups is 1. The van der Waals surface area contributed by atoms with Crippen LogP contribution in [0.1, 0.15) is 37.1 Å². The molecule has 232 valence electrons. The van der Waals surface area contributed by atoms with E-state index in [1.807, 2.05) is 0 Å². The Hall–Kier alpha value is -4.49. The number of ether oxygens (including phenoxy) is 1. The number of nitrogens with zero attached hydrogens (tertiary/aromatic N) is 1. The summed E-state index contributed by atoms with van der Waals surface area (Å²) in [7, 11) is 0. The van der Waals surface area contributed by atoms with Gasteiger partial charge in [-0.25, -0.2) is 8.78 Å². The normalized spacial score (nSPS) is 18.0. The van der Waals surface area contributed by atoms with Gasteiger partial charge >= 0.3 is 5.97 Å². The van der Waals surface area contributed by atoms with Crippen LogP contribution in [0.5, 0.6) is 5.75 Å². The Balaban J connectivity index is 1.40. The number of rotatable bonds is 13. The van der Waals surface area contributed by atoms with Crippen LogP contribution >= 0.6 is 11.8 Å². The van der Waals surface area contributed by atoms with Crippen LogP contribution < -0.4 is 20.3 Å². The van der Waals surface area contributed by atoms with Gasteiger partial charge in [0.2, 0.25) is 11.8 Å². The van der Waals surface area contributed by atoms with Crippen LogP contribution in [0.3, 0.4) is 0 Å². The van der Waals surface area contributed by atoms with Crippen molar-refractivity contribution in [1.82, 2.24) is 10.6 Å². The van der Waals surface area contributed by atoms with Crippen molar-refractivity contribution in [2.45, 2.75) is 43.3 Å². The molecule has 0 bridgehead atoms. The van der Waals surface area contributed by atoms with Crippen LogP contribution in [-0.2, 0) is 19.2 Å². The quantitative estimate of drug-likeness (QED) is 0.211. The van der Waals surface area contributed by atoms with Gasteiger partial charge in [0, 0.05) is 11.4 Å². The van der Waals surface area contributed by atoms with E-state index >= 15 is 0 Å². The fourth-order valence-electron chi connectivity index (χ4n) is 4.47. The van der Waals surface area contributed by atoms with Crippen LogP contribution in [-0.4, -0.2) is 63.6 Å². The zero-order valence-corrected chi connectivity index (χ0v) is 24.6. The number of hydrogen-bond acceptors (Lipinski definition) is 7. The highest BCUT2D eigenvalue weighted by atomic mass is 32.2. The van der Waals surface area contributed by atoms with E-state index in [9.17, 15) is 33.1 Å². The molecule has 3 amide bonds. The molecule has 3 aromatic rings. The molecule has 1 unspecified atom stereocenters. The number of halogens is 2. The van der Waals surface area contributed by atoms with E-state index in [0.717, 1.165) is 5.56 Å². The first kappa shape index (κ1) is 32.4. The van der Waals surface area contributed by atoms with E-state index in [1.165, 1.54) is 74.1 Å². The second-order valence-electron chi connectivity index (χ2n) is 10.2. The molecular formula is C31H31F2N3O7S. The lowest BCUT2D eigenvalue weighted by Crippen LogP contribution is -2.57. The lowest BCUT2D eigenvalue weighted by atomic mass is 9.92. The number of amides is 3. The molecule has 3 aromatic carbocycles. The van der Waals surface area contributed by atoms with Gasteiger partial charge in [0.15, 0.2) is 6.61 Å². The Morgan fingerprint density at radius 1 is 0.909 bits per heavy atom. The van der Waals surface area contributed by atoms with E-state index in [2.05, 4.69) is 10.6 Å². The predicted molar refractivity (Wildman–Crippen MR) is 159 cm³/mol. The molecule has 1 fully saturated rings. The Kier molecular flexibility index (Phi) is 10.6. The van der Waals surface area contributed by atoms with E-state index < -0.39 is 65.5 Å². The maximum Gasteiger partial charge on any atom is 0.325 e. The van der Waals surface area contributed by atoms with Gasteiger partial charge in [0.25, 0.3) is 5.91 Å². The third-order valence-electron chi connectivity index (χ3n) is 6.93. The van der Waals surface area contributed by atoms with Gasteiger partial charge in [-0.3, -0.25) is 19.2 Å². The minimum Gasteiger partial charge on any atom is -0.484 e. The molecular weight excluding hydrogens is 596 g/mol. The fraction of sp³-hybridized carbons (Fsp3) is 0.290. The summed E-state index contributed by atoms with van der Waals surface area (Å²) >= 11 is 1.26. The molecule has 0 aromatic heterocycles. The number of aliphatic carboxylic acids is 1. The lowest BCUT2D eigenvalue weighted by molar-refractivity contribution is -0.141. The Morgan fingerprint density at radius 3 is 2.09 bits per heavy atom. The Morgan fingerprint density at radius 2 is 1.50 bits per heavy atom. The molecule has 0 radical (unpaired) electrons. The summed E-state index contributed by atoms with van der Waals surface area (Å²) in [6, 6.07) is 15.2. The van der Waals surface area contributed by atoms with E-state index in [-0.39, 0.29) is 11.7 Å². The van der Waals surface area contributed by atoms with Gasteiger partial charge in [0.1, 0.15) is 34.7 Å². The lowest BCUT2D eigenvalue weighted by Gasteiger charge is -2.47. The van der Waals surface area contributed by atoms with Crippen molar-refractivity contribution in [2.24, 2.45) is 0 Å². The fourth-order valence-corrected chi connectivity index (χ4v) is 5.77. The number of benzene rings is 3. The van der Waals surface area contributed by atoms with Gasteiger partial charge in [-0.05, 0) is 73.5 Å². The smallest absolute Gasteiger partial charge is 0.325 e. The maximum atomic E-state index is 13.6. The predicted octanol–water partition coefficient (Wildman–Crippen LogP) is 3.36. The SMILES string of the molecule is C[C@@H](NC(=O)[C@@H](C)NC(=O)COc1ccc([C@@H]2[C@@H](SCC(O)c3ccc(F)cc3)C(=O)N2c2ccc(F)cc2)cc1)C(=O)O. The van der Waals surface area contributed by atoms with Gasteiger partial charge in [-0.15, -0.1) is 11.8 Å². The molecule has 1 aliphatic rings. The van der Waals surface area contributed by atoms with Gasteiger partial charge < -0.3 is 30.5 Å². The average molecular weight is 628 g/mol. The van der Waals surface area contributed by atoms with Crippen molar-refractivity contribution < 1.29 is 42.9 Å². The molecule has 4 N–H and O–H groups in total. The third-order valence-corrected chi connectivity index (χ3v) is 8.26. The number of carboxylic acid groups (broad SMARTS) is 1. The van der Waals surface area contributed by atoms with E-state index in [0.29, 0.717) is 17.0 Å². The summed E-state index contributed by atoms with van der Waals surface area (Å²) in [5.74, 6) is -3.02. The number of anilines is 1. The van der Waals surface area contributed by atoms with E-state index in [4.69, 9.17) is 9.84 Å². The highest BCUT2D eigenvalue weighted by Crippen LogP contribution is 2.46. The third kappa shape index (κ3) is 7.91. The molecule has 1 heterocycles. The van der Waals surface area contributed by atoms with Crippen molar-refractivity contribution in [3.63, 3.8) is 0 Å². The minimum atomic E-state index is -1.21. The van der Waals surface area contributed by atoms with Crippen LogP contribution in [0, 0.1) is 11.6 Å². The van der Waals surface area contributed by atoms with Crippen molar-refractivity contribution >= 4 is 41.1 Å². The van der Waals surface area contributed by atoms with Crippen molar-refractivity contribution in [1.29, 1.82) is 0 Å². The average Bonchev–Trinajstić information content (AvgIpc) is 3.00. The largest absolute Gasteiger partial charge is 0.484 e. The summed E-state index contributed by atoms with van der Waals surface area (Å²) in [6.07, 6.45) is -0.926. The zero-order chi connectivity index (χ0) is 32.0. The Bertz CT molecular complexity index is 1490. The monoisotopic (exact) mass is 627 g/mol. The van der Waals surface area contributed by atoms with Crippen LogP contribution in [0.4, 0.5) is 14.5 Å². The number of carboxylic acids is 1. The van der Waals surface area contributed by atoms with Gasteiger partial charge in [-0.2, -0.15) is 0 Å². The van der Waals surface area contributed by atoms with Crippen LogP contribution in [0.2, 0.25) is 0 Å². The number of aliphatic hydroxyl groups excluding tert-OH is 1. The topological polar surface area (TPSA) is 145 Å². The maximum absolute atomic E-state index is 13.6. The number of hydrogen-bond donors (Lipinski definition) is 4. The number of carbonyl (C=O) groups is 4. The molecule has 13 heteroatoms. The van der Waals surface area contributed by atoms with E-state index in [1.54, 1.807) is 29.2 Å². The van der Waals surface area contributed by atoms with Crippen molar-refractivity contribution in [3.8, 4) is 5.75 Å². The van der Waals surface area contributed by atoms with Crippen LogP contribution in [0.25, 0.3) is 0 Å². The standard InChI is InChI=1S/C31H31F2N3O7S/c1-17(29(39)35-18(2)31(41)42)34-26(38)15-43-24-13-5-20(6-14-24)27-28(30(40)36(27)23-11-9-22(33)10-12-23)44-16-25(37)19-3-7-21(32)8-4-19/h3-14,17-18,25,27-28,37H,15-16H2,1-2H3,(H,34,38)(H,35,39)(H,41,42)/t17-,18-,25?,27-,28-/m1/s1. The molecule has 10 nitrogen and oxygen atoms in total. The molecule has 44 heavy (non-hydrogen) atoms. The summed E-state index contributed by atoms with van der Waals surface area (Å²) in [5, 5.41) is 23.7. The first-order valence-corrected chi connectivity index (χ1v) is 14.7. The highest BCUT2D eigenvalue weighted by Gasteiger charge is 2.49.